The van der Waals surface area contributed by atoms with Crippen LogP contribution in [0, 0.1) is 0 Å². The van der Waals surface area contributed by atoms with Gasteiger partial charge in [-0.2, -0.15) is 0 Å². The molecule has 0 aliphatic carbocycles. The Balaban J connectivity index is 1.53. The topological polar surface area (TPSA) is 36.0 Å². The van der Waals surface area contributed by atoms with Crippen LogP contribution >= 0.6 is 23.2 Å². The van der Waals surface area contributed by atoms with Gasteiger partial charge in [0.2, 0.25) is 5.91 Å². The highest BCUT2D eigenvalue weighted by atomic mass is 35.5. The van der Waals surface area contributed by atoms with Crippen molar-refractivity contribution in [1.82, 2.24) is 9.80 Å². The molecule has 1 amide bonds. The Morgan fingerprint density at radius 1 is 1.07 bits per heavy atom. The van der Waals surface area contributed by atoms with Crippen LogP contribution in [0.2, 0.25) is 10.0 Å². The molecular formula is C21H25Cl2N3O2. The second-order valence-electron chi connectivity index (χ2n) is 6.92. The van der Waals surface area contributed by atoms with Crippen LogP contribution in [-0.2, 0) is 11.3 Å². The van der Waals surface area contributed by atoms with E-state index in [9.17, 15) is 4.79 Å². The summed E-state index contributed by atoms with van der Waals surface area (Å²) in [5, 5.41) is 1.08. The Hall–Kier alpha value is -1.95. The fraction of sp³-hybridized carbons (Fsp3) is 0.381. The van der Waals surface area contributed by atoms with Crippen LogP contribution in [-0.4, -0.2) is 62.6 Å². The zero-order chi connectivity index (χ0) is 20.1. The number of piperazine rings is 1. The minimum absolute atomic E-state index is 0.125. The largest absolute Gasteiger partial charge is 0.495 e. The number of methoxy groups -OCH3 is 1. The van der Waals surface area contributed by atoms with E-state index in [1.165, 1.54) is 0 Å². The van der Waals surface area contributed by atoms with E-state index in [-0.39, 0.29) is 5.91 Å². The number of hydrogen-bond acceptors (Lipinski definition) is 4. The van der Waals surface area contributed by atoms with Gasteiger partial charge in [-0.25, -0.2) is 0 Å². The van der Waals surface area contributed by atoms with E-state index in [1.807, 2.05) is 47.2 Å². The van der Waals surface area contributed by atoms with Crippen LogP contribution in [0.15, 0.2) is 42.5 Å². The van der Waals surface area contributed by atoms with E-state index in [0.29, 0.717) is 36.2 Å². The third kappa shape index (κ3) is 4.90. The van der Waals surface area contributed by atoms with E-state index in [4.69, 9.17) is 27.9 Å². The Kier molecular flexibility index (Phi) is 7.05. The summed E-state index contributed by atoms with van der Waals surface area (Å²) >= 11 is 12.3. The van der Waals surface area contributed by atoms with E-state index >= 15 is 0 Å². The average Bonchev–Trinajstić information content (AvgIpc) is 2.71. The second kappa shape index (κ2) is 9.50. The molecule has 1 fully saturated rings. The van der Waals surface area contributed by atoms with Crippen molar-refractivity contribution >= 4 is 34.8 Å². The third-order valence-electron chi connectivity index (χ3n) is 4.94. The molecule has 3 rings (SSSR count). The number of halogens is 2. The molecule has 2 aromatic rings. The van der Waals surface area contributed by atoms with Crippen molar-refractivity contribution < 1.29 is 9.53 Å². The lowest BCUT2D eigenvalue weighted by Crippen LogP contribution is -2.51. The van der Waals surface area contributed by atoms with Crippen LogP contribution in [0.25, 0.3) is 0 Å². The lowest BCUT2D eigenvalue weighted by Gasteiger charge is -2.37. The van der Waals surface area contributed by atoms with E-state index in [0.717, 1.165) is 30.1 Å². The molecule has 0 saturated carbocycles. The fourth-order valence-electron chi connectivity index (χ4n) is 3.44. The van der Waals surface area contributed by atoms with Crippen molar-refractivity contribution in [3.05, 3.63) is 58.1 Å². The summed E-state index contributed by atoms with van der Waals surface area (Å²) in [6.45, 7) is 3.89. The number of nitrogens with zero attached hydrogens (tertiary/aromatic N) is 3. The van der Waals surface area contributed by atoms with Gasteiger partial charge in [-0.1, -0.05) is 47.5 Å². The number of anilines is 1. The normalized spacial score (nSPS) is 14.5. The molecule has 1 heterocycles. The van der Waals surface area contributed by atoms with Crippen molar-refractivity contribution in [2.45, 2.75) is 6.54 Å². The predicted molar refractivity (Wildman–Crippen MR) is 115 cm³/mol. The second-order valence-corrected chi connectivity index (χ2v) is 7.71. The predicted octanol–water partition coefficient (Wildman–Crippen LogP) is 3.78. The molecule has 28 heavy (non-hydrogen) atoms. The summed E-state index contributed by atoms with van der Waals surface area (Å²) < 4.78 is 5.45. The lowest BCUT2D eigenvalue weighted by molar-refractivity contribution is -0.132. The Bertz CT molecular complexity index is 823. The number of ether oxygens (including phenoxy) is 1. The molecule has 5 nitrogen and oxygen atoms in total. The Morgan fingerprint density at radius 3 is 2.50 bits per heavy atom. The molecule has 0 N–H and O–H groups in total. The van der Waals surface area contributed by atoms with Gasteiger partial charge in [0.15, 0.2) is 0 Å². The number of likely N-dealkylation sites (N-methyl/N-ethyl adjacent to an activating group) is 1. The number of carbonyl (C=O) groups is 1. The maximum Gasteiger partial charge on any atom is 0.236 e. The molecule has 0 aromatic heterocycles. The highest BCUT2D eigenvalue weighted by molar-refractivity contribution is 6.42. The average molecular weight is 422 g/mol. The first-order valence-electron chi connectivity index (χ1n) is 9.26. The molecule has 150 valence electrons. The number of carbonyl (C=O) groups excluding carboxylic acids is 1. The van der Waals surface area contributed by atoms with Crippen LogP contribution in [0.4, 0.5) is 5.69 Å². The summed E-state index contributed by atoms with van der Waals surface area (Å²) in [6.07, 6.45) is 0. The van der Waals surface area contributed by atoms with Crippen LogP contribution in [0.5, 0.6) is 5.75 Å². The van der Waals surface area contributed by atoms with Gasteiger partial charge in [0.25, 0.3) is 0 Å². The summed E-state index contributed by atoms with van der Waals surface area (Å²) in [6, 6.07) is 13.5. The van der Waals surface area contributed by atoms with Crippen LogP contribution in [0.1, 0.15) is 5.56 Å². The molecule has 7 heteroatoms. The number of para-hydroxylation sites is 2. The smallest absolute Gasteiger partial charge is 0.236 e. The summed E-state index contributed by atoms with van der Waals surface area (Å²) in [4.78, 5) is 18.8. The highest BCUT2D eigenvalue weighted by Crippen LogP contribution is 2.28. The van der Waals surface area contributed by atoms with E-state index in [1.54, 1.807) is 13.2 Å². The number of amides is 1. The van der Waals surface area contributed by atoms with Crippen molar-refractivity contribution in [2.24, 2.45) is 0 Å². The quantitative estimate of drug-likeness (QED) is 0.710. The van der Waals surface area contributed by atoms with Crippen molar-refractivity contribution in [2.75, 3.05) is 51.8 Å². The molecular weight excluding hydrogens is 397 g/mol. The van der Waals surface area contributed by atoms with Gasteiger partial charge in [-0.05, 0) is 30.8 Å². The highest BCUT2D eigenvalue weighted by Gasteiger charge is 2.23. The molecule has 2 aromatic carbocycles. The summed E-state index contributed by atoms with van der Waals surface area (Å²) in [7, 11) is 3.60. The van der Waals surface area contributed by atoms with Crippen LogP contribution < -0.4 is 9.64 Å². The SMILES string of the molecule is COc1ccccc1N1CCN(C(=O)CN(C)Cc2cccc(Cl)c2Cl)CC1. The molecule has 0 atom stereocenters. The zero-order valence-electron chi connectivity index (χ0n) is 16.2. The first-order valence-corrected chi connectivity index (χ1v) is 10.0. The van der Waals surface area contributed by atoms with Gasteiger partial charge in [0, 0.05) is 32.7 Å². The van der Waals surface area contributed by atoms with Gasteiger partial charge < -0.3 is 14.5 Å². The van der Waals surface area contributed by atoms with Gasteiger partial charge in [0.05, 0.1) is 29.4 Å². The first kappa shape index (κ1) is 20.8. The molecule has 0 spiro atoms. The number of benzene rings is 2. The number of rotatable bonds is 6. The van der Waals surface area contributed by atoms with Gasteiger partial charge in [0.1, 0.15) is 5.75 Å². The minimum Gasteiger partial charge on any atom is -0.495 e. The maximum atomic E-state index is 12.7. The van der Waals surface area contributed by atoms with Gasteiger partial charge in [-0.15, -0.1) is 0 Å². The molecule has 1 aliphatic rings. The van der Waals surface area contributed by atoms with E-state index < -0.39 is 0 Å². The van der Waals surface area contributed by atoms with Gasteiger partial charge in [-0.3, -0.25) is 9.69 Å². The Labute approximate surface area is 176 Å². The van der Waals surface area contributed by atoms with Crippen molar-refractivity contribution in [3.63, 3.8) is 0 Å². The lowest BCUT2D eigenvalue weighted by atomic mass is 10.2. The van der Waals surface area contributed by atoms with Crippen molar-refractivity contribution in [3.8, 4) is 5.75 Å². The van der Waals surface area contributed by atoms with Gasteiger partial charge >= 0.3 is 0 Å². The first-order chi connectivity index (χ1) is 13.5. The standard InChI is InChI=1S/C21H25Cl2N3O2/c1-24(14-16-6-5-7-17(22)21(16)23)15-20(27)26-12-10-25(11-13-26)18-8-3-4-9-19(18)28-2/h3-9H,10-15H2,1-2H3. The maximum absolute atomic E-state index is 12.7. The third-order valence-corrected chi connectivity index (χ3v) is 5.79. The van der Waals surface area contributed by atoms with Crippen LogP contribution in [0.3, 0.4) is 0 Å². The fourth-order valence-corrected chi connectivity index (χ4v) is 3.82. The molecule has 1 aliphatic heterocycles. The Morgan fingerprint density at radius 2 is 1.79 bits per heavy atom. The molecule has 0 radical (unpaired) electrons. The zero-order valence-corrected chi connectivity index (χ0v) is 17.7. The summed E-state index contributed by atoms with van der Waals surface area (Å²) in [5.41, 5.74) is 2.00. The minimum atomic E-state index is 0.125. The number of hydrogen-bond donors (Lipinski definition) is 0. The molecule has 0 unspecified atom stereocenters. The molecule has 0 bridgehead atoms. The monoisotopic (exact) mass is 421 g/mol. The summed E-state index contributed by atoms with van der Waals surface area (Å²) in [5.74, 6) is 0.987. The van der Waals surface area contributed by atoms with E-state index in [2.05, 4.69) is 11.0 Å². The van der Waals surface area contributed by atoms with Crippen molar-refractivity contribution in [1.29, 1.82) is 0 Å². The molecule has 1 saturated heterocycles.